The van der Waals surface area contributed by atoms with Crippen molar-refractivity contribution in [3.05, 3.63) is 35.9 Å². The summed E-state index contributed by atoms with van der Waals surface area (Å²) in [6.07, 6.45) is 7.25. The minimum Gasteiger partial charge on any atom is -0.403 e. The van der Waals surface area contributed by atoms with E-state index in [1.807, 2.05) is 7.11 Å². The predicted molar refractivity (Wildman–Crippen MR) is 151 cm³/mol. The number of benzene rings is 1. The Morgan fingerprint density at radius 1 is 1.09 bits per heavy atom. The molecule has 0 N–H and O–H groups in total. The Morgan fingerprint density at radius 2 is 1.71 bits per heavy atom. The number of methoxy groups -OCH3 is 1. The van der Waals surface area contributed by atoms with Crippen molar-refractivity contribution in [3.63, 3.8) is 0 Å². The first-order valence-corrected chi connectivity index (χ1v) is 17.3. The molecule has 0 amide bonds. The molecular formula is C29H52BNO3Si. The van der Waals surface area contributed by atoms with E-state index in [0.29, 0.717) is 23.3 Å². The van der Waals surface area contributed by atoms with Gasteiger partial charge in [0.15, 0.2) is 0 Å². The van der Waals surface area contributed by atoms with Gasteiger partial charge in [-0.2, -0.15) is 0 Å². The van der Waals surface area contributed by atoms with E-state index in [1.165, 1.54) is 44.0 Å². The molecule has 2 aliphatic heterocycles. The van der Waals surface area contributed by atoms with Gasteiger partial charge in [-0.15, -0.1) is 0 Å². The molecule has 0 aliphatic carbocycles. The number of rotatable bonds is 12. The van der Waals surface area contributed by atoms with E-state index in [-0.39, 0.29) is 18.3 Å². The zero-order valence-electron chi connectivity index (χ0n) is 24.1. The van der Waals surface area contributed by atoms with Crippen LogP contribution in [0.4, 0.5) is 0 Å². The largest absolute Gasteiger partial charge is 0.458 e. The van der Waals surface area contributed by atoms with Crippen molar-refractivity contribution in [2.75, 3.05) is 26.4 Å². The lowest BCUT2D eigenvalue weighted by atomic mass is 9.71. The zero-order chi connectivity index (χ0) is 25.9. The summed E-state index contributed by atoms with van der Waals surface area (Å²) in [6, 6.07) is 11.6. The fourth-order valence-electron chi connectivity index (χ4n) is 6.42. The minimum absolute atomic E-state index is 0.135. The average molecular weight is 502 g/mol. The van der Waals surface area contributed by atoms with Gasteiger partial charge < -0.3 is 18.9 Å². The van der Waals surface area contributed by atoms with Crippen LogP contribution in [-0.2, 0) is 20.5 Å². The van der Waals surface area contributed by atoms with Gasteiger partial charge in [0.25, 0.3) is 0 Å². The van der Waals surface area contributed by atoms with Crippen LogP contribution >= 0.6 is 0 Å². The number of nitrogens with zero attached hydrogens (tertiary/aromatic N) is 1. The second-order valence-electron chi connectivity index (χ2n) is 13.3. The lowest BCUT2D eigenvalue weighted by molar-refractivity contribution is 0.00578. The van der Waals surface area contributed by atoms with Gasteiger partial charge in [0.05, 0.1) is 25.9 Å². The quantitative estimate of drug-likeness (QED) is 0.300. The molecule has 1 aromatic carbocycles. The predicted octanol–water partition coefficient (Wildman–Crippen LogP) is 6.64. The molecule has 3 atom stereocenters. The third kappa shape index (κ3) is 7.22. The van der Waals surface area contributed by atoms with Gasteiger partial charge in [-0.1, -0.05) is 57.3 Å². The zero-order valence-corrected chi connectivity index (χ0v) is 25.1. The van der Waals surface area contributed by atoms with Gasteiger partial charge >= 0.3 is 7.12 Å². The molecule has 198 valence electrons. The van der Waals surface area contributed by atoms with Crippen LogP contribution in [-0.4, -0.2) is 63.8 Å². The van der Waals surface area contributed by atoms with Crippen LogP contribution in [0.3, 0.4) is 0 Å². The third-order valence-corrected chi connectivity index (χ3v) is 12.6. The molecular weight excluding hydrogens is 449 g/mol. The molecule has 0 unspecified atom stereocenters. The molecule has 0 radical (unpaired) electrons. The van der Waals surface area contributed by atoms with Gasteiger partial charge in [-0.25, -0.2) is 0 Å². The fraction of sp³-hybridized carbons (Fsp3) is 0.793. The van der Waals surface area contributed by atoms with Crippen molar-refractivity contribution < 1.29 is 14.0 Å². The Kier molecular flexibility index (Phi) is 9.75. The number of ether oxygens (including phenoxy) is 1. The van der Waals surface area contributed by atoms with Crippen molar-refractivity contribution in [1.29, 1.82) is 0 Å². The molecule has 0 spiro atoms. The smallest absolute Gasteiger partial charge is 0.403 e. The molecule has 1 aromatic rings. The first-order valence-electron chi connectivity index (χ1n) is 14.0. The van der Waals surface area contributed by atoms with Crippen LogP contribution in [0.5, 0.6) is 0 Å². The first kappa shape index (κ1) is 28.9. The van der Waals surface area contributed by atoms with E-state index in [0.717, 1.165) is 13.0 Å². The standard InChI is InChI=1S/C29H52BNO3Si/c1-23(2)20-25(18-17-24-14-11-10-12-15-24)27(30-33-28(3,4)29(5,6)34-30)35(8,9)22-31-19-13-16-26(31)21-32-7/h10-12,14-15,23,25-27H,13,16-22H2,1-9H3/t25-,26+,27-/m0/s1. The van der Waals surface area contributed by atoms with E-state index in [2.05, 4.69) is 89.9 Å². The number of aryl methyl sites for hydroxylation is 1. The maximum atomic E-state index is 6.84. The van der Waals surface area contributed by atoms with Crippen LogP contribution in [0, 0.1) is 11.8 Å². The Hall–Kier alpha value is -0.658. The Labute approximate surface area is 217 Å². The molecule has 2 heterocycles. The summed E-state index contributed by atoms with van der Waals surface area (Å²) >= 11 is 0. The first-order chi connectivity index (χ1) is 16.4. The maximum Gasteiger partial charge on any atom is 0.458 e. The lowest BCUT2D eigenvalue weighted by Crippen LogP contribution is -2.55. The summed E-state index contributed by atoms with van der Waals surface area (Å²) < 4.78 is 19.3. The highest BCUT2D eigenvalue weighted by molar-refractivity contribution is 6.88. The highest BCUT2D eigenvalue weighted by atomic mass is 28.3. The van der Waals surface area contributed by atoms with E-state index in [1.54, 1.807) is 0 Å². The van der Waals surface area contributed by atoms with Gasteiger partial charge in [0.1, 0.15) is 0 Å². The summed E-state index contributed by atoms with van der Waals surface area (Å²) in [7, 11) is -0.0992. The van der Waals surface area contributed by atoms with Crippen molar-refractivity contribution in [3.8, 4) is 0 Å². The normalized spacial score (nSPS) is 24.3. The van der Waals surface area contributed by atoms with Gasteiger partial charge in [-0.3, -0.25) is 0 Å². The van der Waals surface area contributed by atoms with Crippen LogP contribution in [0.25, 0.3) is 0 Å². The van der Waals surface area contributed by atoms with Crippen molar-refractivity contribution in [1.82, 2.24) is 4.90 Å². The van der Waals surface area contributed by atoms with Crippen molar-refractivity contribution >= 4 is 15.2 Å². The molecule has 3 rings (SSSR count). The van der Waals surface area contributed by atoms with E-state index < -0.39 is 8.07 Å². The summed E-state index contributed by atoms with van der Waals surface area (Å²) in [5.74, 6) is 1.23. The van der Waals surface area contributed by atoms with E-state index in [9.17, 15) is 0 Å². The summed E-state index contributed by atoms with van der Waals surface area (Å²) in [5, 5.41) is 0. The van der Waals surface area contributed by atoms with Crippen LogP contribution in [0.15, 0.2) is 30.3 Å². The molecule has 2 aliphatic rings. The van der Waals surface area contributed by atoms with Crippen molar-refractivity contribution in [2.45, 2.75) is 109 Å². The number of hydrogen-bond acceptors (Lipinski definition) is 4. The average Bonchev–Trinajstić information content (AvgIpc) is 3.26. The molecule has 4 nitrogen and oxygen atoms in total. The highest BCUT2D eigenvalue weighted by Gasteiger charge is 2.58. The van der Waals surface area contributed by atoms with Crippen LogP contribution in [0.2, 0.25) is 18.5 Å². The molecule has 2 fully saturated rings. The highest BCUT2D eigenvalue weighted by Crippen LogP contribution is 2.48. The fourth-order valence-corrected chi connectivity index (χ4v) is 10.5. The Morgan fingerprint density at radius 3 is 2.29 bits per heavy atom. The molecule has 0 aromatic heterocycles. The minimum atomic E-state index is -1.81. The molecule has 2 saturated heterocycles. The number of likely N-dealkylation sites (tertiary alicyclic amines) is 1. The summed E-state index contributed by atoms with van der Waals surface area (Å²) in [5.41, 5.74) is 1.29. The van der Waals surface area contributed by atoms with Gasteiger partial charge in [0, 0.05) is 13.2 Å². The Bertz CT molecular complexity index is 769. The molecule has 35 heavy (non-hydrogen) atoms. The molecule has 0 bridgehead atoms. The van der Waals surface area contributed by atoms with Gasteiger partial charge in [0.2, 0.25) is 0 Å². The third-order valence-electron chi connectivity index (χ3n) is 8.86. The lowest BCUT2D eigenvalue weighted by Gasteiger charge is -2.43. The SMILES string of the molecule is COC[C@H]1CCCN1C[Si](C)(C)[C@H](B1OC(C)(C)C(C)(C)O1)[C@@H](CCc1ccccc1)CC(C)C. The second-order valence-corrected chi connectivity index (χ2v) is 18.2. The second kappa shape index (κ2) is 11.8. The van der Waals surface area contributed by atoms with E-state index in [4.69, 9.17) is 14.0 Å². The van der Waals surface area contributed by atoms with Gasteiger partial charge in [-0.05, 0) is 95.4 Å². The van der Waals surface area contributed by atoms with E-state index >= 15 is 0 Å². The van der Waals surface area contributed by atoms with Crippen molar-refractivity contribution in [2.24, 2.45) is 11.8 Å². The maximum absolute atomic E-state index is 6.84. The number of hydrogen-bond donors (Lipinski definition) is 0. The summed E-state index contributed by atoms with van der Waals surface area (Å²) in [6.45, 7) is 20.8. The van der Waals surface area contributed by atoms with Crippen LogP contribution < -0.4 is 0 Å². The monoisotopic (exact) mass is 501 g/mol. The topological polar surface area (TPSA) is 30.9 Å². The molecule has 0 saturated carbocycles. The summed E-state index contributed by atoms with van der Waals surface area (Å²) in [4.78, 5) is 2.73. The molecule has 6 heteroatoms. The Balaban J connectivity index is 1.91. The van der Waals surface area contributed by atoms with Crippen LogP contribution in [0.1, 0.15) is 72.8 Å².